The standard InChI is InChI=1S/C19H25F3N4O2S/c1-4-23-18(25-11-17-26-16(12-29-17)19(20,21)22)24-9-5-6-13-7-8-14(27-2)15(10-13)28-3/h7-8,10,12H,4-6,9,11H2,1-3H3,(H2,23,24,25). The summed E-state index contributed by atoms with van der Waals surface area (Å²) in [6.07, 6.45) is -2.76. The molecule has 2 aromatic rings. The van der Waals surface area contributed by atoms with E-state index in [1.165, 1.54) is 0 Å². The Bertz CT molecular complexity index is 809. The maximum atomic E-state index is 12.6. The van der Waals surface area contributed by atoms with Gasteiger partial charge in [0.1, 0.15) is 5.01 Å². The van der Waals surface area contributed by atoms with Gasteiger partial charge in [-0.1, -0.05) is 6.07 Å². The molecular weight excluding hydrogens is 405 g/mol. The molecule has 2 rings (SSSR count). The third kappa shape index (κ3) is 7.12. The van der Waals surface area contributed by atoms with E-state index in [1.54, 1.807) is 14.2 Å². The van der Waals surface area contributed by atoms with E-state index in [2.05, 4.69) is 20.6 Å². The second kappa shape index (κ2) is 10.9. The summed E-state index contributed by atoms with van der Waals surface area (Å²) < 4.78 is 48.4. The van der Waals surface area contributed by atoms with Crippen molar-refractivity contribution < 1.29 is 22.6 Å². The number of methoxy groups -OCH3 is 2. The zero-order valence-corrected chi connectivity index (χ0v) is 17.4. The molecular formula is C19H25F3N4O2S. The lowest BCUT2D eigenvalue weighted by Crippen LogP contribution is -2.37. The van der Waals surface area contributed by atoms with E-state index in [0.29, 0.717) is 35.6 Å². The van der Waals surface area contributed by atoms with Crippen LogP contribution in [-0.2, 0) is 19.1 Å². The molecule has 29 heavy (non-hydrogen) atoms. The number of halogens is 3. The minimum atomic E-state index is -4.43. The lowest BCUT2D eigenvalue weighted by molar-refractivity contribution is -0.140. The lowest BCUT2D eigenvalue weighted by Gasteiger charge is -2.12. The predicted molar refractivity (Wildman–Crippen MR) is 108 cm³/mol. The molecule has 6 nitrogen and oxygen atoms in total. The highest BCUT2D eigenvalue weighted by Gasteiger charge is 2.33. The Morgan fingerprint density at radius 3 is 2.55 bits per heavy atom. The minimum Gasteiger partial charge on any atom is -0.493 e. The summed E-state index contributed by atoms with van der Waals surface area (Å²) >= 11 is 0.953. The number of hydrogen-bond donors (Lipinski definition) is 2. The molecule has 0 amide bonds. The van der Waals surface area contributed by atoms with Crippen molar-refractivity contribution in [1.29, 1.82) is 0 Å². The smallest absolute Gasteiger partial charge is 0.434 e. The average Bonchev–Trinajstić information content (AvgIpc) is 3.18. The summed E-state index contributed by atoms with van der Waals surface area (Å²) in [4.78, 5) is 7.90. The Morgan fingerprint density at radius 1 is 1.17 bits per heavy atom. The Hall–Kier alpha value is -2.49. The molecule has 10 heteroatoms. The predicted octanol–water partition coefficient (Wildman–Crippen LogP) is 3.87. The van der Waals surface area contributed by atoms with Gasteiger partial charge >= 0.3 is 6.18 Å². The first kappa shape index (κ1) is 22.8. The van der Waals surface area contributed by atoms with Crippen molar-refractivity contribution in [3.8, 4) is 11.5 Å². The summed E-state index contributed by atoms with van der Waals surface area (Å²) in [5.41, 5.74) is 0.245. The van der Waals surface area contributed by atoms with E-state index in [4.69, 9.17) is 9.47 Å². The molecule has 0 spiro atoms. The molecule has 0 atom stereocenters. The van der Waals surface area contributed by atoms with Crippen LogP contribution in [0.3, 0.4) is 0 Å². The SMILES string of the molecule is CCNC(=NCc1nc(C(F)(F)F)cs1)NCCCc1ccc(OC)c(OC)c1. The van der Waals surface area contributed by atoms with Gasteiger partial charge in [-0.05, 0) is 37.5 Å². The highest BCUT2D eigenvalue weighted by Crippen LogP contribution is 2.30. The monoisotopic (exact) mass is 430 g/mol. The van der Waals surface area contributed by atoms with Gasteiger partial charge in [0, 0.05) is 18.5 Å². The van der Waals surface area contributed by atoms with Gasteiger partial charge in [0.2, 0.25) is 0 Å². The van der Waals surface area contributed by atoms with Crippen molar-refractivity contribution in [1.82, 2.24) is 15.6 Å². The molecule has 0 fully saturated rings. The number of rotatable bonds is 9. The largest absolute Gasteiger partial charge is 0.493 e. The summed E-state index contributed by atoms with van der Waals surface area (Å²) in [6.45, 7) is 3.32. The zero-order valence-electron chi connectivity index (χ0n) is 16.6. The summed E-state index contributed by atoms with van der Waals surface area (Å²) in [5.74, 6) is 1.92. The Balaban J connectivity index is 1.86. The number of thiazole rings is 1. The van der Waals surface area contributed by atoms with Crippen LogP contribution in [-0.4, -0.2) is 38.3 Å². The number of hydrogen-bond acceptors (Lipinski definition) is 5. The fourth-order valence-electron chi connectivity index (χ4n) is 2.54. The van der Waals surface area contributed by atoms with Crippen LogP contribution in [0.1, 0.15) is 29.6 Å². The molecule has 1 heterocycles. The van der Waals surface area contributed by atoms with E-state index < -0.39 is 11.9 Å². The van der Waals surface area contributed by atoms with Crippen LogP contribution in [0.15, 0.2) is 28.6 Å². The molecule has 160 valence electrons. The molecule has 2 N–H and O–H groups in total. The van der Waals surface area contributed by atoms with Crippen LogP contribution in [0.2, 0.25) is 0 Å². The normalized spacial score (nSPS) is 12.0. The van der Waals surface area contributed by atoms with Crippen LogP contribution in [0.5, 0.6) is 11.5 Å². The van der Waals surface area contributed by atoms with Crippen LogP contribution in [0, 0.1) is 0 Å². The first-order valence-electron chi connectivity index (χ1n) is 9.12. The number of nitrogens with zero attached hydrogens (tertiary/aromatic N) is 2. The lowest BCUT2D eigenvalue weighted by atomic mass is 10.1. The van der Waals surface area contributed by atoms with Crippen LogP contribution < -0.4 is 20.1 Å². The van der Waals surface area contributed by atoms with Gasteiger partial charge in [0.25, 0.3) is 0 Å². The third-order valence-corrected chi connectivity index (χ3v) is 4.78. The van der Waals surface area contributed by atoms with Gasteiger partial charge < -0.3 is 20.1 Å². The van der Waals surface area contributed by atoms with Crippen molar-refractivity contribution in [3.05, 3.63) is 39.8 Å². The Labute approximate surface area is 172 Å². The Kier molecular flexibility index (Phi) is 8.56. The summed E-state index contributed by atoms with van der Waals surface area (Å²) in [5, 5.41) is 7.59. The number of aliphatic imine (C=N–C) groups is 1. The fraction of sp³-hybridized carbons (Fsp3) is 0.474. The van der Waals surface area contributed by atoms with Crippen molar-refractivity contribution >= 4 is 17.3 Å². The highest BCUT2D eigenvalue weighted by atomic mass is 32.1. The number of aryl methyl sites for hydroxylation is 1. The Morgan fingerprint density at radius 2 is 1.93 bits per heavy atom. The van der Waals surface area contributed by atoms with Gasteiger partial charge in [0.05, 0.1) is 20.8 Å². The molecule has 1 aromatic carbocycles. The van der Waals surface area contributed by atoms with Crippen molar-refractivity contribution in [2.75, 3.05) is 27.3 Å². The number of nitrogens with one attached hydrogen (secondary N) is 2. The second-order valence-electron chi connectivity index (χ2n) is 6.04. The topological polar surface area (TPSA) is 67.8 Å². The summed E-state index contributed by atoms with van der Waals surface area (Å²) in [7, 11) is 3.20. The first-order valence-corrected chi connectivity index (χ1v) is 10.00. The number of guanidine groups is 1. The molecule has 0 aliphatic carbocycles. The van der Waals surface area contributed by atoms with Gasteiger partial charge in [-0.25, -0.2) is 9.98 Å². The van der Waals surface area contributed by atoms with Gasteiger partial charge in [-0.3, -0.25) is 0 Å². The summed E-state index contributed by atoms with van der Waals surface area (Å²) in [6, 6.07) is 5.80. The zero-order chi connectivity index (χ0) is 21.3. The molecule has 0 saturated heterocycles. The van der Waals surface area contributed by atoms with Crippen molar-refractivity contribution in [2.45, 2.75) is 32.5 Å². The first-order chi connectivity index (χ1) is 13.9. The maximum Gasteiger partial charge on any atom is 0.434 e. The molecule has 0 aliphatic rings. The van der Waals surface area contributed by atoms with Crippen LogP contribution in [0.4, 0.5) is 13.2 Å². The molecule has 0 aliphatic heterocycles. The van der Waals surface area contributed by atoms with Crippen molar-refractivity contribution in [2.24, 2.45) is 4.99 Å². The second-order valence-corrected chi connectivity index (χ2v) is 6.98. The van der Waals surface area contributed by atoms with Crippen LogP contribution >= 0.6 is 11.3 Å². The molecule has 0 saturated carbocycles. The van der Waals surface area contributed by atoms with E-state index in [-0.39, 0.29) is 6.54 Å². The van der Waals surface area contributed by atoms with Gasteiger partial charge in [-0.2, -0.15) is 13.2 Å². The number of ether oxygens (including phenoxy) is 2. The molecule has 0 bridgehead atoms. The fourth-order valence-corrected chi connectivity index (χ4v) is 3.26. The third-order valence-electron chi connectivity index (χ3n) is 3.94. The highest BCUT2D eigenvalue weighted by molar-refractivity contribution is 7.09. The molecule has 0 unspecified atom stereocenters. The van der Waals surface area contributed by atoms with Gasteiger partial charge in [-0.15, -0.1) is 11.3 Å². The molecule has 0 radical (unpaired) electrons. The molecule has 1 aromatic heterocycles. The van der Waals surface area contributed by atoms with E-state index in [0.717, 1.165) is 35.1 Å². The maximum absolute atomic E-state index is 12.6. The van der Waals surface area contributed by atoms with Crippen LogP contribution in [0.25, 0.3) is 0 Å². The van der Waals surface area contributed by atoms with E-state index >= 15 is 0 Å². The van der Waals surface area contributed by atoms with E-state index in [1.807, 2.05) is 25.1 Å². The number of benzene rings is 1. The van der Waals surface area contributed by atoms with Gasteiger partial charge in [0.15, 0.2) is 23.2 Å². The van der Waals surface area contributed by atoms with E-state index in [9.17, 15) is 13.2 Å². The number of alkyl halides is 3. The van der Waals surface area contributed by atoms with Crippen molar-refractivity contribution in [3.63, 3.8) is 0 Å². The number of aromatic nitrogens is 1. The minimum absolute atomic E-state index is 0.0890. The average molecular weight is 430 g/mol. The quantitative estimate of drug-likeness (QED) is 0.359.